The fourth-order valence-corrected chi connectivity index (χ4v) is 2.83. The van der Waals surface area contributed by atoms with Crippen LogP contribution in [0.15, 0.2) is 43.1 Å². The third-order valence-electron chi connectivity index (χ3n) is 2.97. The molecule has 0 amide bonds. The standard InChI is InChI=1S/C12H11N3O5S/c1-7-11(19-6-13-7)5-14-21(17,18)8-2-3-9-10(4-8)20-12(16)15-9/h2-4,6,14H,5H2,1H3,(H,15,16). The summed E-state index contributed by atoms with van der Waals surface area (Å²) in [6.45, 7) is 1.71. The Morgan fingerprint density at radius 3 is 2.90 bits per heavy atom. The molecule has 0 atom stereocenters. The number of H-pyrrole nitrogens is 1. The van der Waals surface area contributed by atoms with Crippen LogP contribution >= 0.6 is 0 Å². The first-order valence-corrected chi connectivity index (χ1v) is 7.45. The molecule has 0 saturated heterocycles. The maximum absolute atomic E-state index is 12.2. The number of hydrogen-bond acceptors (Lipinski definition) is 6. The number of aromatic nitrogens is 2. The molecule has 0 bridgehead atoms. The number of benzene rings is 1. The number of oxazole rings is 2. The van der Waals surface area contributed by atoms with Crippen molar-refractivity contribution in [1.82, 2.24) is 14.7 Å². The van der Waals surface area contributed by atoms with Crippen molar-refractivity contribution in [3.8, 4) is 0 Å². The highest BCUT2D eigenvalue weighted by Crippen LogP contribution is 2.17. The molecule has 0 aliphatic heterocycles. The normalized spacial score (nSPS) is 12.0. The lowest BCUT2D eigenvalue weighted by molar-refractivity contribution is 0.492. The molecule has 2 aromatic heterocycles. The molecule has 3 rings (SSSR count). The van der Waals surface area contributed by atoms with Crippen molar-refractivity contribution in [2.75, 3.05) is 0 Å². The van der Waals surface area contributed by atoms with Gasteiger partial charge in [0.1, 0.15) is 5.76 Å². The van der Waals surface area contributed by atoms with Gasteiger partial charge in [-0.1, -0.05) is 0 Å². The molecule has 0 spiro atoms. The summed E-state index contributed by atoms with van der Waals surface area (Å²) in [5, 5.41) is 0. The van der Waals surface area contributed by atoms with Crippen LogP contribution in [0.25, 0.3) is 11.1 Å². The molecule has 2 N–H and O–H groups in total. The molecular weight excluding hydrogens is 298 g/mol. The Hall–Kier alpha value is -2.39. The fourth-order valence-electron chi connectivity index (χ4n) is 1.83. The monoisotopic (exact) mass is 309 g/mol. The molecule has 0 aliphatic carbocycles. The van der Waals surface area contributed by atoms with Crippen molar-refractivity contribution < 1.29 is 17.3 Å². The van der Waals surface area contributed by atoms with E-state index in [4.69, 9.17) is 8.83 Å². The van der Waals surface area contributed by atoms with Gasteiger partial charge in [0.15, 0.2) is 12.0 Å². The van der Waals surface area contributed by atoms with Gasteiger partial charge in [-0.15, -0.1) is 0 Å². The maximum Gasteiger partial charge on any atom is 0.417 e. The Morgan fingerprint density at radius 1 is 1.38 bits per heavy atom. The number of aromatic amines is 1. The summed E-state index contributed by atoms with van der Waals surface area (Å²) in [4.78, 5) is 17.4. The van der Waals surface area contributed by atoms with Crippen LogP contribution in [-0.2, 0) is 16.6 Å². The average Bonchev–Trinajstić information content (AvgIpc) is 3.00. The molecule has 110 valence electrons. The highest BCUT2D eigenvalue weighted by atomic mass is 32.2. The summed E-state index contributed by atoms with van der Waals surface area (Å²) in [7, 11) is -3.75. The second kappa shape index (κ2) is 4.86. The van der Waals surface area contributed by atoms with Gasteiger partial charge in [0, 0.05) is 6.07 Å². The molecule has 0 fully saturated rings. The van der Waals surface area contributed by atoms with E-state index in [0.29, 0.717) is 17.0 Å². The molecule has 0 aliphatic rings. The molecule has 21 heavy (non-hydrogen) atoms. The van der Waals surface area contributed by atoms with Crippen molar-refractivity contribution in [2.24, 2.45) is 0 Å². The minimum Gasteiger partial charge on any atom is -0.447 e. The minimum absolute atomic E-state index is 0.00471. The fraction of sp³-hybridized carbons (Fsp3) is 0.167. The van der Waals surface area contributed by atoms with Crippen LogP contribution < -0.4 is 10.5 Å². The lowest BCUT2D eigenvalue weighted by Crippen LogP contribution is -2.23. The number of aryl methyl sites for hydroxylation is 1. The lowest BCUT2D eigenvalue weighted by atomic mass is 10.3. The molecular formula is C12H11N3O5S. The summed E-state index contributed by atoms with van der Waals surface area (Å²) in [6, 6.07) is 4.13. The van der Waals surface area contributed by atoms with E-state index in [9.17, 15) is 13.2 Å². The van der Waals surface area contributed by atoms with E-state index in [1.165, 1.54) is 24.6 Å². The summed E-state index contributed by atoms with van der Waals surface area (Å²) in [5.74, 6) is -0.197. The second-order valence-electron chi connectivity index (χ2n) is 4.36. The Labute approximate surface area is 118 Å². The third-order valence-corrected chi connectivity index (χ3v) is 4.37. The van der Waals surface area contributed by atoms with Crippen LogP contribution in [-0.4, -0.2) is 18.4 Å². The van der Waals surface area contributed by atoms with Crippen LogP contribution in [0, 0.1) is 6.92 Å². The smallest absolute Gasteiger partial charge is 0.417 e. The first kappa shape index (κ1) is 13.6. The summed E-state index contributed by atoms with van der Waals surface area (Å²) < 4.78 is 36.7. The van der Waals surface area contributed by atoms with Crippen molar-refractivity contribution in [1.29, 1.82) is 0 Å². The Morgan fingerprint density at radius 2 is 2.19 bits per heavy atom. The lowest BCUT2D eigenvalue weighted by Gasteiger charge is -2.05. The SMILES string of the molecule is Cc1ncoc1CNS(=O)(=O)c1ccc2[nH]c(=O)oc2c1. The Kier molecular flexibility index (Phi) is 3.15. The number of fused-ring (bicyclic) bond motifs is 1. The van der Waals surface area contributed by atoms with E-state index in [1.807, 2.05) is 0 Å². The molecule has 3 aromatic rings. The maximum atomic E-state index is 12.2. The van der Waals surface area contributed by atoms with Crippen molar-refractivity contribution in [2.45, 2.75) is 18.4 Å². The van der Waals surface area contributed by atoms with Crippen molar-refractivity contribution >= 4 is 21.1 Å². The van der Waals surface area contributed by atoms with Crippen molar-refractivity contribution in [3.05, 3.63) is 46.6 Å². The zero-order valence-electron chi connectivity index (χ0n) is 10.9. The molecule has 0 unspecified atom stereocenters. The van der Waals surface area contributed by atoms with Crippen LogP contribution in [0.1, 0.15) is 11.5 Å². The number of nitrogens with zero attached hydrogens (tertiary/aromatic N) is 1. The van der Waals surface area contributed by atoms with Crippen LogP contribution in [0.3, 0.4) is 0 Å². The van der Waals surface area contributed by atoms with E-state index >= 15 is 0 Å². The minimum atomic E-state index is -3.75. The van der Waals surface area contributed by atoms with Crippen LogP contribution in [0.2, 0.25) is 0 Å². The van der Waals surface area contributed by atoms with E-state index in [0.717, 1.165) is 0 Å². The van der Waals surface area contributed by atoms with Gasteiger partial charge in [0.05, 0.1) is 22.7 Å². The zero-order chi connectivity index (χ0) is 15.0. The zero-order valence-corrected chi connectivity index (χ0v) is 11.7. The summed E-state index contributed by atoms with van der Waals surface area (Å²) >= 11 is 0. The third kappa shape index (κ3) is 2.60. The topological polar surface area (TPSA) is 118 Å². The van der Waals surface area contributed by atoms with Crippen LogP contribution in [0.4, 0.5) is 0 Å². The van der Waals surface area contributed by atoms with Gasteiger partial charge < -0.3 is 8.83 Å². The first-order chi connectivity index (χ1) is 9.95. The summed E-state index contributed by atoms with van der Waals surface area (Å²) in [6.07, 6.45) is 1.25. The predicted molar refractivity (Wildman–Crippen MR) is 72.1 cm³/mol. The number of rotatable bonds is 4. The van der Waals surface area contributed by atoms with E-state index in [1.54, 1.807) is 6.92 Å². The van der Waals surface area contributed by atoms with Crippen LogP contribution in [0.5, 0.6) is 0 Å². The largest absolute Gasteiger partial charge is 0.447 e. The van der Waals surface area contributed by atoms with Gasteiger partial charge in [-0.2, -0.15) is 0 Å². The van der Waals surface area contributed by atoms with E-state index < -0.39 is 15.8 Å². The highest BCUT2D eigenvalue weighted by molar-refractivity contribution is 7.89. The number of hydrogen-bond donors (Lipinski definition) is 2. The molecule has 0 radical (unpaired) electrons. The predicted octanol–water partition coefficient (Wildman–Crippen LogP) is 0.896. The van der Waals surface area contributed by atoms with Gasteiger partial charge in [0.25, 0.3) is 0 Å². The first-order valence-electron chi connectivity index (χ1n) is 5.97. The Balaban J connectivity index is 1.89. The number of nitrogens with one attached hydrogen (secondary N) is 2. The second-order valence-corrected chi connectivity index (χ2v) is 6.12. The van der Waals surface area contributed by atoms with Crippen molar-refractivity contribution in [3.63, 3.8) is 0 Å². The quantitative estimate of drug-likeness (QED) is 0.739. The Bertz CT molecular complexity index is 951. The molecule has 0 saturated carbocycles. The van der Waals surface area contributed by atoms with Gasteiger partial charge in [-0.25, -0.2) is 22.9 Å². The van der Waals surface area contributed by atoms with Gasteiger partial charge >= 0.3 is 5.76 Å². The number of sulfonamides is 1. The molecule has 8 nitrogen and oxygen atoms in total. The highest BCUT2D eigenvalue weighted by Gasteiger charge is 2.17. The van der Waals surface area contributed by atoms with Gasteiger partial charge in [0.2, 0.25) is 10.0 Å². The van der Waals surface area contributed by atoms with Gasteiger partial charge in [-0.05, 0) is 19.1 Å². The van der Waals surface area contributed by atoms with Gasteiger partial charge in [-0.3, -0.25) is 4.98 Å². The summed E-state index contributed by atoms with van der Waals surface area (Å²) in [5.41, 5.74) is 1.23. The van der Waals surface area contributed by atoms with E-state index in [-0.39, 0.29) is 17.0 Å². The molecule has 2 heterocycles. The van der Waals surface area contributed by atoms with E-state index in [2.05, 4.69) is 14.7 Å². The average molecular weight is 309 g/mol. The molecule has 1 aromatic carbocycles. The molecule has 9 heteroatoms.